The van der Waals surface area contributed by atoms with Crippen LogP contribution in [0.2, 0.25) is 0 Å². The van der Waals surface area contributed by atoms with Crippen molar-refractivity contribution in [1.82, 2.24) is 5.32 Å². The lowest BCUT2D eigenvalue weighted by atomic mass is 9.94. The molecule has 2 fully saturated rings. The molecule has 88 heavy (non-hydrogen) atoms. The first kappa shape index (κ1) is 63.6. The van der Waals surface area contributed by atoms with E-state index in [1.165, 1.54) is 79.9 Å². The zero-order valence-electron chi connectivity index (χ0n) is 46.6. The van der Waals surface area contributed by atoms with Gasteiger partial charge >= 0.3 is 41.9 Å². The third-order valence-corrected chi connectivity index (χ3v) is 13.9. The van der Waals surface area contributed by atoms with Gasteiger partial charge in [0.2, 0.25) is 3.79 Å². The molecule has 10 atom stereocenters. The Morgan fingerprint density at radius 2 is 0.784 bits per heavy atom. The number of rotatable bonds is 22. The Morgan fingerprint density at radius 1 is 0.420 bits per heavy atom. The highest BCUT2D eigenvalue weighted by molar-refractivity contribution is 6.67. The summed E-state index contributed by atoms with van der Waals surface area (Å²) < 4.78 is 72.7. The van der Waals surface area contributed by atoms with Crippen LogP contribution in [0.1, 0.15) is 67.7 Å². The molecule has 2 heterocycles. The van der Waals surface area contributed by atoms with Gasteiger partial charge in [0.25, 0.3) is 0 Å². The van der Waals surface area contributed by atoms with Gasteiger partial charge in [-0.3, -0.25) is 0 Å². The van der Waals surface area contributed by atoms with Crippen molar-refractivity contribution in [2.75, 3.05) is 26.9 Å². The molecule has 23 heteroatoms. The average molecular weight is 1260 g/mol. The normalized spacial score (nSPS) is 21.5. The van der Waals surface area contributed by atoms with Crippen LogP contribution in [0, 0.1) is 0 Å². The molecular weight excluding hydrogens is 1210 g/mol. The van der Waals surface area contributed by atoms with Crippen molar-refractivity contribution >= 4 is 76.7 Å². The summed E-state index contributed by atoms with van der Waals surface area (Å²) in [4.78, 5) is 100. The highest BCUT2D eigenvalue weighted by Gasteiger charge is 2.58. The van der Waals surface area contributed by atoms with Crippen molar-refractivity contribution < 1.29 is 90.4 Å². The summed E-state index contributed by atoms with van der Waals surface area (Å²) in [6, 6.07) is 51.4. The molecular formula is C65H56Cl3NO19. The lowest BCUT2D eigenvalue weighted by molar-refractivity contribution is -0.346. The lowest BCUT2D eigenvalue weighted by Gasteiger charge is -2.49. The summed E-state index contributed by atoms with van der Waals surface area (Å²) in [7, 11) is 1.49. The summed E-state index contributed by atoms with van der Waals surface area (Å²) >= 11 is 18.1. The lowest BCUT2D eigenvalue weighted by Crippen LogP contribution is -2.69. The Bertz CT molecular complexity index is 3440. The first-order chi connectivity index (χ1) is 42.6. The molecule has 9 rings (SSSR count). The van der Waals surface area contributed by atoms with Crippen LogP contribution in [0.5, 0.6) is 5.75 Å². The second-order valence-corrected chi connectivity index (χ2v) is 22.1. The molecule has 20 nitrogen and oxygen atoms in total. The van der Waals surface area contributed by atoms with E-state index in [1.54, 1.807) is 133 Å². The monoisotopic (exact) mass is 1260 g/mol. The van der Waals surface area contributed by atoms with E-state index in [4.69, 9.17) is 91.6 Å². The quantitative estimate of drug-likeness (QED) is 0.0377. The van der Waals surface area contributed by atoms with E-state index < -0.39 is 127 Å². The van der Waals surface area contributed by atoms with Crippen molar-refractivity contribution in [3.05, 3.63) is 245 Å². The number of halogens is 3. The number of benzene rings is 7. The Labute approximate surface area is 519 Å². The van der Waals surface area contributed by atoms with Crippen LogP contribution in [0.4, 0.5) is 4.79 Å². The van der Waals surface area contributed by atoms with Gasteiger partial charge in [-0.15, -0.1) is 0 Å². The van der Waals surface area contributed by atoms with Crippen molar-refractivity contribution in [2.45, 2.75) is 71.7 Å². The van der Waals surface area contributed by atoms with Crippen molar-refractivity contribution in [3.8, 4) is 5.75 Å². The third kappa shape index (κ3) is 17.4. The minimum atomic E-state index is -2.12. The number of amides is 1. The fourth-order valence-corrected chi connectivity index (χ4v) is 9.40. The van der Waals surface area contributed by atoms with Gasteiger partial charge in [0, 0.05) is 0 Å². The number of hydrogen-bond acceptors (Lipinski definition) is 19. The van der Waals surface area contributed by atoms with Crippen LogP contribution in [0.3, 0.4) is 0 Å². The third-order valence-electron chi connectivity index (χ3n) is 13.5. The number of esters is 6. The molecule has 0 bridgehead atoms. The summed E-state index contributed by atoms with van der Waals surface area (Å²) in [6.45, 7) is -2.55. The van der Waals surface area contributed by atoms with E-state index in [0.29, 0.717) is 11.3 Å². The van der Waals surface area contributed by atoms with Gasteiger partial charge in [-0.1, -0.05) is 156 Å². The predicted octanol–water partition coefficient (Wildman–Crippen LogP) is 10.1. The van der Waals surface area contributed by atoms with Crippen LogP contribution >= 0.6 is 34.8 Å². The van der Waals surface area contributed by atoms with Gasteiger partial charge in [0.15, 0.2) is 37.0 Å². The second kappa shape index (κ2) is 30.7. The predicted molar refractivity (Wildman–Crippen MR) is 315 cm³/mol. The van der Waals surface area contributed by atoms with E-state index in [9.17, 15) is 33.6 Å². The van der Waals surface area contributed by atoms with Gasteiger partial charge in [0.05, 0.1) is 47.1 Å². The van der Waals surface area contributed by atoms with Crippen molar-refractivity contribution in [3.63, 3.8) is 0 Å². The fraction of sp³-hybridized carbons (Fsp3) is 0.246. The summed E-state index contributed by atoms with van der Waals surface area (Å²) in [5.74, 6) is -5.26. The molecule has 7 aromatic carbocycles. The van der Waals surface area contributed by atoms with Crippen LogP contribution in [0.25, 0.3) is 0 Å². The maximum absolute atomic E-state index is 14.7. The van der Waals surface area contributed by atoms with Crippen LogP contribution in [0.15, 0.2) is 206 Å². The molecule has 0 aliphatic carbocycles. The first-order valence-electron chi connectivity index (χ1n) is 27.3. The second-order valence-electron chi connectivity index (χ2n) is 19.6. The molecule has 0 unspecified atom stereocenters. The van der Waals surface area contributed by atoms with Crippen molar-refractivity contribution in [1.29, 1.82) is 0 Å². The number of hydrogen-bond donors (Lipinski definition) is 1. The van der Waals surface area contributed by atoms with E-state index in [-0.39, 0.29) is 40.0 Å². The maximum Gasteiger partial charge on any atom is 0.407 e. The molecule has 0 saturated carbocycles. The molecule has 2 saturated heterocycles. The highest BCUT2D eigenvalue weighted by Crippen LogP contribution is 2.37. The average Bonchev–Trinajstić information content (AvgIpc) is 3.61. The molecule has 0 aromatic heterocycles. The van der Waals surface area contributed by atoms with Gasteiger partial charge in [-0.2, -0.15) is 0 Å². The van der Waals surface area contributed by atoms with E-state index in [1.807, 2.05) is 0 Å². The van der Waals surface area contributed by atoms with Crippen LogP contribution in [-0.2, 0) is 58.7 Å². The molecule has 0 radical (unpaired) electrons. The van der Waals surface area contributed by atoms with Gasteiger partial charge in [0.1, 0.15) is 49.9 Å². The smallest absolute Gasteiger partial charge is 0.407 e. The first-order valence-corrected chi connectivity index (χ1v) is 28.4. The Hall–Kier alpha value is -8.86. The Balaban J connectivity index is 1.21. The number of methoxy groups -OCH3 is 1. The summed E-state index contributed by atoms with van der Waals surface area (Å²) in [6.07, 6.45) is -18.0. The van der Waals surface area contributed by atoms with E-state index in [2.05, 4.69) is 5.32 Å². The number of alkyl carbamates (subject to hydrolysis) is 1. The molecule has 456 valence electrons. The molecule has 2 aliphatic rings. The SMILES string of the molecule is COc1ccc(CO[C@H]2O[C@H](COC(=O)c3ccccc3)[C@@H](O[C@@H]3O[C@H](COC(=O)c4ccccc4)[C@H](OC(=O)c4ccccc4)[C@H](OC(=O)c4ccccc4)[C@H]3OC(=O)c3ccccc3)[C@H](OC(=O)c3ccccc3)[C@H]2NC(=O)OCC(Cl)(Cl)Cl)cc1. The van der Waals surface area contributed by atoms with Gasteiger partial charge < -0.3 is 62.2 Å². The fourth-order valence-electron chi connectivity index (χ4n) is 9.24. The largest absolute Gasteiger partial charge is 0.497 e. The van der Waals surface area contributed by atoms with Gasteiger partial charge in [-0.05, 0) is 90.5 Å². The van der Waals surface area contributed by atoms with Gasteiger partial charge in [-0.25, -0.2) is 33.6 Å². The minimum Gasteiger partial charge on any atom is -0.497 e. The van der Waals surface area contributed by atoms with Crippen LogP contribution < -0.4 is 10.1 Å². The Kier molecular flexibility index (Phi) is 22.2. The number of carbonyl (C=O) groups excluding carboxylic acids is 7. The topological polar surface area (TPSA) is 242 Å². The van der Waals surface area contributed by atoms with Crippen molar-refractivity contribution in [2.24, 2.45) is 0 Å². The van der Waals surface area contributed by atoms with E-state index in [0.717, 1.165) is 0 Å². The summed E-state index contributed by atoms with van der Waals surface area (Å²) in [5.41, 5.74) is 0.760. The van der Waals surface area contributed by atoms with E-state index >= 15 is 0 Å². The Morgan fingerprint density at radius 3 is 1.19 bits per heavy atom. The number of alkyl halides is 3. The molecule has 2 aliphatic heterocycles. The number of ether oxygens (including phenoxy) is 12. The number of nitrogens with one attached hydrogen (secondary N) is 1. The highest BCUT2D eigenvalue weighted by atomic mass is 35.6. The minimum absolute atomic E-state index is 0.00660. The van der Waals surface area contributed by atoms with Crippen LogP contribution in [-0.4, -0.2) is 134 Å². The molecule has 0 spiro atoms. The molecule has 7 aromatic rings. The zero-order chi connectivity index (χ0) is 62.0. The zero-order valence-corrected chi connectivity index (χ0v) is 48.9. The summed E-state index contributed by atoms with van der Waals surface area (Å²) in [5, 5.41) is 2.62. The maximum atomic E-state index is 14.7. The molecule has 1 N–H and O–H groups in total. The standard InChI is InChI=1S/C65H56Cl3NO19/c1-77-47-34-32-40(33-35-47)36-80-62-50(69-64(76)81-39-65(66,67)68)53(85-59(73)44-26-14-5-15-27-44)51(48(82-62)37-78-56(70)41-20-8-2-9-21-41)88-63-55(87-61(75)46-30-18-7-19-31-46)54(86-60(74)45-28-16-6-17-29-45)52(84-58(72)43-24-12-4-13-25-43)49(83-63)38-79-57(71)42-22-10-3-11-23-42/h2-35,48-55,62-63H,36-39H2,1H3,(H,69,76)/t48-,49-,50-,51-,52+,53-,54+,55-,62+,63+/m1/s1. The molecule has 1 amide bonds. The number of carbonyl (C=O) groups is 7.